The SMILES string of the molecule is CC(C)Nc1c(C#N)cnn2cc(Br)nc12. The highest BCUT2D eigenvalue weighted by molar-refractivity contribution is 9.10. The molecule has 0 aliphatic carbocycles. The molecule has 6 heteroatoms. The zero-order chi connectivity index (χ0) is 11.7. The van der Waals surface area contributed by atoms with Gasteiger partial charge in [-0.15, -0.1) is 0 Å². The van der Waals surface area contributed by atoms with Crippen LogP contribution in [0, 0.1) is 11.3 Å². The fourth-order valence-electron chi connectivity index (χ4n) is 1.42. The van der Waals surface area contributed by atoms with Gasteiger partial charge in [0.15, 0.2) is 5.65 Å². The Balaban J connectivity index is 2.68. The monoisotopic (exact) mass is 279 g/mol. The summed E-state index contributed by atoms with van der Waals surface area (Å²) in [6.07, 6.45) is 3.29. The van der Waals surface area contributed by atoms with Crippen LogP contribution in [0.2, 0.25) is 0 Å². The first-order chi connectivity index (χ1) is 7.61. The predicted molar refractivity (Wildman–Crippen MR) is 64.2 cm³/mol. The van der Waals surface area contributed by atoms with Crippen molar-refractivity contribution in [2.24, 2.45) is 0 Å². The van der Waals surface area contributed by atoms with Gasteiger partial charge in [-0.2, -0.15) is 10.4 Å². The standard InChI is InChI=1S/C10H10BrN5/c1-6(2)14-9-7(3-12)4-13-16-5-8(11)15-10(9)16/h4-6,14H,1-2H3. The molecule has 0 aliphatic rings. The summed E-state index contributed by atoms with van der Waals surface area (Å²) in [5.74, 6) is 0. The normalized spacial score (nSPS) is 10.7. The van der Waals surface area contributed by atoms with E-state index in [-0.39, 0.29) is 6.04 Å². The van der Waals surface area contributed by atoms with Crippen molar-refractivity contribution in [2.75, 3.05) is 5.32 Å². The van der Waals surface area contributed by atoms with E-state index >= 15 is 0 Å². The molecule has 82 valence electrons. The molecule has 0 unspecified atom stereocenters. The van der Waals surface area contributed by atoms with E-state index in [2.05, 4.69) is 37.4 Å². The van der Waals surface area contributed by atoms with E-state index in [4.69, 9.17) is 5.26 Å². The van der Waals surface area contributed by atoms with Crippen LogP contribution in [0.15, 0.2) is 17.0 Å². The molecule has 0 radical (unpaired) electrons. The van der Waals surface area contributed by atoms with Crippen molar-refractivity contribution in [1.82, 2.24) is 14.6 Å². The van der Waals surface area contributed by atoms with E-state index in [0.717, 1.165) is 5.69 Å². The maximum atomic E-state index is 9.02. The molecular weight excluding hydrogens is 270 g/mol. The average Bonchev–Trinajstić information content (AvgIpc) is 2.59. The second kappa shape index (κ2) is 4.10. The number of imidazole rings is 1. The Kier molecular flexibility index (Phi) is 2.79. The third kappa shape index (κ3) is 1.86. The topological polar surface area (TPSA) is 66.0 Å². The summed E-state index contributed by atoms with van der Waals surface area (Å²) in [5, 5.41) is 16.3. The Bertz CT molecular complexity index is 566. The molecule has 0 aromatic carbocycles. The first kappa shape index (κ1) is 10.9. The van der Waals surface area contributed by atoms with Gasteiger partial charge in [0.1, 0.15) is 10.7 Å². The number of nitriles is 1. The van der Waals surface area contributed by atoms with E-state index in [0.29, 0.717) is 15.8 Å². The van der Waals surface area contributed by atoms with Gasteiger partial charge in [0.25, 0.3) is 0 Å². The van der Waals surface area contributed by atoms with Crippen LogP contribution in [-0.4, -0.2) is 20.6 Å². The van der Waals surface area contributed by atoms with Gasteiger partial charge < -0.3 is 5.32 Å². The molecule has 2 rings (SSSR count). The van der Waals surface area contributed by atoms with Crippen molar-refractivity contribution in [3.05, 3.63) is 22.6 Å². The minimum absolute atomic E-state index is 0.230. The fraction of sp³-hybridized carbons (Fsp3) is 0.300. The quantitative estimate of drug-likeness (QED) is 0.915. The maximum absolute atomic E-state index is 9.02. The summed E-state index contributed by atoms with van der Waals surface area (Å²) in [4.78, 5) is 4.28. The highest BCUT2D eigenvalue weighted by Gasteiger charge is 2.12. The molecule has 0 amide bonds. The van der Waals surface area contributed by atoms with E-state index in [1.54, 1.807) is 10.7 Å². The van der Waals surface area contributed by atoms with E-state index < -0.39 is 0 Å². The van der Waals surface area contributed by atoms with Crippen LogP contribution in [0.3, 0.4) is 0 Å². The van der Waals surface area contributed by atoms with Crippen LogP contribution in [0.5, 0.6) is 0 Å². The van der Waals surface area contributed by atoms with Crippen molar-refractivity contribution < 1.29 is 0 Å². The Labute approximate surface area is 101 Å². The van der Waals surface area contributed by atoms with Crippen molar-refractivity contribution in [3.8, 4) is 6.07 Å². The smallest absolute Gasteiger partial charge is 0.179 e. The highest BCUT2D eigenvalue weighted by Crippen LogP contribution is 2.22. The zero-order valence-electron chi connectivity index (χ0n) is 8.90. The molecule has 1 N–H and O–H groups in total. The molecule has 0 bridgehead atoms. The second-order valence-corrected chi connectivity index (χ2v) is 4.49. The number of halogens is 1. The largest absolute Gasteiger partial charge is 0.379 e. The first-order valence-corrected chi connectivity index (χ1v) is 5.61. The molecule has 2 heterocycles. The molecule has 5 nitrogen and oxygen atoms in total. The van der Waals surface area contributed by atoms with Crippen LogP contribution in [0.4, 0.5) is 5.69 Å². The minimum Gasteiger partial charge on any atom is -0.379 e. The van der Waals surface area contributed by atoms with Gasteiger partial charge in [-0.1, -0.05) is 0 Å². The predicted octanol–water partition coefficient (Wildman–Crippen LogP) is 2.18. The molecule has 2 aromatic rings. The third-order valence-electron chi connectivity index (χ3n) is 2.02. The Morgan fingerprint density at radius 2 is 2.31 bits per heavy atom. The number of aromatic nitrogens is 3. The summed E-state index contributed by atoms with van der Waals surface area (Å²) in [6, 6.07) is 2.34. The van der Waals surface area contributed by atoms with Gasteiger partial charge in [-0.25, -0.2) is 9.50 Å². The van der Waals surface area contributed by atoms with Crippen LogP contribution < -0.4 is 5.32 Å². The van der Waals surface area contributed by atoms with E-state index in [9.17, 15) is 0 Å². The Morgan fingerprint density at radius 1 is 1.56 bits per heavy atom. The van der Waals surface area contributed by atoms with Crippen molar-refractivity contribution >= 4 is 27.3 Å². The lowest BCUT2D eigenvalue weighted by molar-refractivity contribution is 0.882. The summed E-state index contributed by atoms with van der Waals surface area (Å²) < 4.78 is 2.33. The van der Waals surface area contributed by atoms with Gasteiger partial charge in [0.05, 0.1) is 23.6 Å². The first-order valence-electron chi connectivity index (χ1n) is 4.82. The molecule has 16 heavy (non-hydrogen) atoms. The van der Waals surface area contributed by atoms with Gasteiger partial charge in [-0.05, 0) is 29.8 Å². The van der Waals surface area contributed by atoms with Crippen molar-refractivity contribution in [3.63, 3.8) is 0 Å². The van der Waals surface area contributed by atoms with Crippen molar-refractivity contribution in [1.29, 1.82) is 5.26 Å². The Hall–Kier alpha value is -1.61. The molecule has 0 saturated heterocycles. The molecule has 2 aromatic heterocycles. The van der Waals surface area contributed by atoms with Crippen LogP contribution in [0.25, 0.3) is 5.65 Å². The summed E-state index contributed by atoms with van der Waals surface area (Å²) in [5.41, 5.74) is 1.87. The highest BCUT2D eigenvalue weighted by atomic mass is 79.9. The summed E-state index contributed by atoms with van der Waals surface area (Å²) in [6.45, 7) is 4.02. The van der Waals surface area contributed by atoms with Gasteiger partial charge in [0.2, 0.25) is 0 Å². The number of anilines is 1. The zero-order valence-corrected chi connectivity index (χ0v) is 10.5. The lowest BCUT2D eigenvalue weighted by Gasteiger charge is -2.11. The second-order valence-electron chi connectivity index (χ2n) is 3.68. The number of nitrogens with one attached hydrogen (secondary N) is 1. The third-order valence-corrected chi connectivity index (χ3v) is 2.40. The van der Waals surface area contributed by atoms with E-state index in [1.807, 2.05) is 13.8 Å². The number of hydrogen-bond acceptors (Lipinski definition) is 4. The average molecular weight is 280 g/mol. The van der Waals surface area contributed by atoms with Crippen LogP contribution in [-0.2, 0) is 0 Å². The molecule has 0 fully saturated rings. The number of rotatable bonds is 2. The summed E-state index contributed by atoms with van der Waals surface area (Å²) in [7, 11) is 0. The maximum Gasteiger partial charge on any atom is 0.179 e. The number of nitrogens with zero attached hydrogens (tertiary/aromatic N) is 4. The number of fused-ring (bicyclic) bond motifs is 1. The van der Waals surface area contributed by atoms with E-state index in [1.165, 1.54) is 6.20 Å². The fourth-order valence-corrected chi connectivity index (χ4v) is 1.78. The molecule has 0 aliphatic heterocycles. The minimum atomic E-state index is 0.230. The number of hydrogen-bond donors (Lipinski definition) is 1. The van der Waals surface area contributed by atoms with Gasteiger partial charge in [-0.3, -0.25) is 0 Å². The lowest BCUT2D eigenvalue weighted by Crippen LogP contribution is -2.13. The molecular formula is C10H10BrN5. The van der Waals surface area contributed by atoms with Crippen LogP contribution >= 0.6 is 15.9 Å². The van der Waals surface area contributed by atoms with Gasteiger partial charge in [0, 0.05) is 6.04 Å². The van der Waals surface area contributed by atoms with Crippen LogP contribution in [0.1, 0.15) is 19.4 Å². The molecule has 0 atom stereocenters. The van der Waals surface area contributed by atoms with Gasteiger partial charge >= 0.3 is 0 Å². The Morgan fingerprint density at radius 3 is 2.94 bits per heavy atom. The summed E-state index contributed by atoms with van der Waals surface area (Å²) >= 11 is 3.29. The lowest BCUT2D eigenvalue weighted by atomic mass is 10.2. The molecule has 0 saturated carbocycles. The molecule has 0 spiro atoms. The van der Waals surface area contributed by atoms with Crippen molar-refractivity contribution in [2.45, 2.75) is 19.9 Å².